The number of amides is 2. The van der Waals surface area contributed by atoms with Gasteiger partial charge in [-0.05, 0) is 42.7 Å². The lowest BCUT2D eigenvalue weighted by molar-refractivity contribution is -0.139. The van der Waals surface area contributed by atoms with E-state index in [2.05, 4.69) is 5.32 Å². The van der Waals surface area contributed by atoms with E-state index in [9.17, 15) is 18.0 Å². The molecule has 0 saturated heterocycles. The van der Waals surface area contributed by atoms with Crippen LogP contribution >= 0.6 is 23.2 Å². The highest BCUT2D eigenvalue weighted by Crippen LogP contribution is 2.35. The first-order chi connectivity index (χ1) is 18.0. The number of carbonyl (C=O) groups is 2. The molecule has 3 aromatic rings. The highest BCUT2D eigenvalue weighted by molar-refractivity contribution is 7.92. The summed E-state index contributed by atoms with van der Waals surface area (Å²) >= 11 is 12.6. The van der Waals surface area contributed by atoms with Crippen molar-refractivity contribution < 1.29 is 18.0 Å². The summed E-state index contributed by atoms with van der Waals surface area (Å²) in [6.45, 7) is 5.53. The van der Waals surface area contributed by atoms with E-state index >= 15 is 0 Å². The number of halogens is 2. The molecule has 0 aromatic heterocycles. The molecule has 0 bridgehead atoms. The molecule has 202 valence electrons. The van der Waals surface area contributed by atoms with E-state index < -0.39 is 28.5 Å². The Labute approximate surface area is 234 Å². The van der Waals surface area contributed by atoms with Crippen LogP contribution in [-0.4, -0.2) is 44.3 Å². The molecular formula is C28H31Cl2N3O4S. The molecule has 0 fully saturated rings. The maximum absolute atomic E-state index is 13.9. The molecule has 0 saturated carbocycles. The second-order valence-corrected chi connectivity index (χ2v) is 11.9. The second kappa shape index (κ2) is 13.1. The summed E-state index contributed by atoms with van der Waals surface area (Å²) in [5.41, 5.74) is 0.857. The van der Waals surface area contributed by atoms with Gasteiger partial charge in [-0.25, -0.2) is 8.42 Å². The molecule has 0 aliphatic heterocycles. The van der Waals surface area contributed by atoms with Gasteiger partial charge in [0.1, 0.15) is 12.6 Å². The highest BCUT2D eigenvalue weighted by atomic mass is 35.5. The van der Waals surface area contributed by atoms with Crippen molar-refractivity contribution >= 4 is 50.7 Å². The van der Waals surface area contributed by atoms with Gasteiger partial charge in [-0.3, -0.25) is 13.9 Å². The zero-order valence-corrected chi connectivity index (χ0v) is 23.8. The molecule has 1 atom stereocenters. The lowest BCUT2D eigenvalue weighted by Gasteiger charge is -2.32. The topological polar surface area (TPSA) is 86.8 Å². The molecule has 0 aliphatic carbocycles. The van der Waals surface area contributed by atoms with E-state index in [-0.39, 0.29) is 39.0 Å². The Hall–Kier alpha value is -3.07. The summed E-state index contributed by atoms with van der Waals surface area (Å²) in [5, 5.41) is 3.00. The van der Waals surface area contributed by atoms with Crippen LogP contribution in [0.4, 0.5) is 5.69 Å². The molecular weight excluding hydrogens is 545 g/mol. The summed E-state index contributed by atoms with van der Waals surface area (Å²) in [4.78, 5) is 28.2. The molecule has 7 nitrogen and oxygen atoms in total. The third-order valence-electron chi connectivity index (χ3n) is 5.86. The van der Waals surface area contributed by atoms with Crippen LogP contribution in [0.25, 0.3) is 0 Å². The first kappa shape index (κ1) is 29.5. The lowest BCUT2D eigenvalue weighted by atomic mass is 10.1. The van der Waals surface area contributed by atoms with E-state index in [4.69, 9.17) is 23.2 Å². The van der Waals surface area contributed by atoms with Crippen molar-refractivity contribution in [1.29, 1.82) is 0 Å². The smallest absolute Gasteiger partial charge is 0.264 e. The maximum Gasteiger partial charge on any atom is 0.264 e. The number of rotatable bonds is 11. The number of carbonyl (C=O) groups excluding carboxylic acids is 2. The van der Waals surface area contributed by atoms with Gasteiger partial charge in [0.05, 0.1) is 20.6 Å². The SMILES string of the molecule is CC(C)CNC(=O)[C@H](C)N(Cc1ccccc1)C(=O)CN(c1cccc(Cl)c1Cl)S(=O)(=O)c1ccccc1. The van der Waals surface area contributed by atoms with Crippen molar-refractivity contribution in [2.24, 2.45) is 5.92 Å². The standard InChI is InChI=1S/C28H31Cl2N3O4S/c1-20(2)17-31-28(35)21(3)32(18-22-11-6-4-7-12-22)26(34)19-33(25-16-10-15-24(29)27(25)30)38(36,37)23-13-8-5-9-14-23/h4-16,20-21H,17-19H2,1-3H3,(H,31,35)/t21-/m0/s1. The summed E-state index contributed by atoms with van der Waals surface area (Å²) in [7, 11) is -4.22. The molecule has 0 heterocycles. The summed E-state index contributed by atoms with van der Waals surface area (Å²) in [5.74, 6) is -0.682. The largest absolute Gasteiger partial charge is 0.354 e. The van der Waals surface area contributed by atoms with Gasteiger partial charge < -0.3 is 10.2 Å². The van der Waals surface area contributed by atoms with E-state index in [1.165, 1.54) is 29.2 Å². The van der Waals surface area contributed by atoms with Crippen LogP contribution in [0.15, 0.2) is 83.8 Å². The van der Waals surface area contributed by atoms with E-state index in [1.807, 2.05) is 44.2 Å². The van der Waals surface area contributed by atoms with Gasteiger partial charge in [0.15, 0.2) is 0 Å². The summed E-state index contributed by atoms with van der Waals surface area (Å²) in [6, 6.07) is 20.7. The van der Waals surface area contributed by atoms with E-state index in [0.717, 1.165) is 9.87 Å². The van der Waals surface area contributed by atoms with Crippen LogP contribution in [0, 0.1) is 5.92 Å². The zero-order valence-electron chi connectivity index (χ0n) is 21.5. The second-order valence-electron chi connectivity index (χ2n) is 9.22. The predicted molar refractivity (Wildman–Crippen MR) is 152 cm³/mol. The van der Waals surface area contributed by atoms with Gasteiger partial charge in [0.25, 0.3) is 10.0 Å². The fourth-order valence-electron chi connectivity index (χ4n) is 3.73. The van der Waals surface area contributed by atoms with Gasteiger partial charge in [-0.1, -0.05) is 91.6 Å². The predicted octanol–water partition coefficient (Wildman–Crippen LogP) is 5.38. The van der Waals surface area contributed by atoms with Crippen LogP contribution in [-0.2, 0) is 26.2 Å². The molecule has 0 unspecified atom stereocenters. The monoisotopic (exact) mass is 575 g/mol. The van der Waals surface area contributed by atoms with E-state index in [0.29, 0.717) is 6.54 Å². The molecule has 0 radical (unpaired) electrons. The van der Waals surface area contributed by atoms with Crippen molar-refractivity contribution in [2.75, 3.05) is 17.4 Å². The number of benzene rings is 3. The number of nitrogens with one attached hydrogen (secondary N) is 1. The molecule has 3 aromatic carbocycles. The molecule has 1 N–H and O–H groups in total. The first-order valence-corrected chi connectivity index (χ1v) is 14.3. The molecule has 0 spiro atoms. The third-order valence-corrected chi connectivity index (χ3v) is 8.44. The van der Waals surface area contributed by atoms with Gasteiger partial charge in [0, 0.05) is 13.1 Å². The number of hydrogen-bond acceptors (Lipinski definition) is 4. The Morgan fingerprint density at radius 1 is 0.868 bits per heavy atom. The van der Waals surface area contributed by atoms with Gasteiger partial charge in [-0.2, -0.15) is 0 Å². The number of sulfonamides is 1. The first-order valence-electron chi connectivity index (χ1n) is 12.1. The normalized spacial score (nSPS) is 12.2. The lowest BCUT2D eigenvalue weighted by Crippen LogP contribution is -2.51. The van der Waals surface area contributed by atoms with Crippen LogP contribution in [0.2, 0.25) is 10.0 Å². The number of nitrogens with zero attached hydrogens (tertiary/aromatic N) is 2. The number of hydrogen-bond donors (Lipinski definition) is 1. The summed E-state index contributed by atoms with van der Waals surface area (Å²) in [6.07, 6.45) is 0. The van der Waals surface area contributed by atoms with Crippen LogP contribution in [0.5, 0.6) is 0 Å². The van der Waals surface area contributed by atoms with Crippen molar-refractivity contribution in [2.45, 2.75) is 38.3 Å². The minimum absolute atomic E-state index is 0.00110. The molecule has 3 rings (SSSR count). The van der Waals surface area contributed by atoms with Gasteiger partial charge in [-0.15, -0.1) is 0 Å². The Bertz CT molecular complexity index is 1350. The average molecular weight is 577 g/mol. The summed E-state index contributed by atoms with van der Waals surface area (Å²) < 4.78 is 28.5. The Balaban J connectivity index is 2.03. The van der Waals surface area contributed by atoms with Crippen LogP contribution < -0.4 is 9.62 Å². The molecule has 38 heavy (non-hydrogen) atoms. The van der Waals surface area contributed by atoms with Crippen molar-refractivity contribution in [3.8, 4) is 0 Å². The number of anilines is 1. The highest BCUT2D eigenvalue weighted by Gasteiger charge is 2.33. The quantitative estimate of drug-likeness (QED) is 0.332. The average Bonchev–Trinajstić information content (AvgIpc) is 2.91. The molecule has 2 amide bonds. The molecule has 0 aliphatic rings. The maximum atomic E-state index is 13.9. The molecule has 10 heteroatoms. The van der Waals surface area contributed by atoms with Crippen molar-refractivity contribution in [1.82, 2.24) is 10.2 Å². The van der Waals surface area contributed by atoms with Crippen LogP contribution in [0.1, 0.15) is 26.3 Å². The third kappa shape index (κ3) is 7.28. The minimum Gasteiger partial charge on any atom is -0.354 e. The van der Waals surface area contributed by atoms with Gasteiger partial charge in [0.2, 0.25) is 11.8 Å². The van der Waals surface area contributed by atoms with Crippen molar-refractivity contribution in [3.63, 3.8) is 0 Å². The fraction of sp³-hybridized carbons (Fsp3) is 0.286. The minimum atomic E-state index is -4.22. The fourth-order valence-corrected chi connectivity index (χ4v) is 5.63. The zero-order chi connectivity index (χ0) is 27.9. The van der Waals surface area contributed by atoms with E-state index in [1.54, 1.807) is 31.2 Å². The van der Waals surface area contributed by atoms with Crippen molar-refractivity contribution in [3.05, 3.63) is 94.5 Å². The Morgan fingerprint density at radius 3 is 2.08 bits per heavy atom. The van der Waals surface area contributed by atoms with Crippen LogP contribution in [0.3, 0.4) is 0 Å². The Kier molecular flexibility index (Phi) is 10.2. The van der Waals surface area contributed by atoms with Gasteiger partial charge >= 0.3 is 0 Å². The Morgan fingerprint density at radius 2 is 1.47 bits per heavy atom.